The number of hydrogen-bond donors (Lipinski definition) is 1. The molecule has 0 amide bonds. The highest BCUT2D eigenvalue weighted by Gasteiger charge is 2.35. The van der Waals surface area contributed by atoms with Gasteiger partial charge in [0.25, 0.3) is 0 Å². The zero-order valence-electron chi connectivity index (χ0n) is 11.7. The molecule has 18 heavy (non-hydrogen) atoms. The van der Waals surface area contributed by atoms with Gasteiger partial charge in [-0.25, -0.2) is 0 Å². The summed E-state index contributed by atoms with van der Waals surface area (Å²) in [5, 5.41) is 9.02. The van der Waals surface area contributed by atoms with Crippen molar-refractivity contribution in [3.05, 3.63) is 16.4 Å². The van der Waals surface area contributed by atoms with E-state index in [0.717, 1.165) is 41.8 Å². The minimum Gasteiger partial charge on any atom is -0.308 e. The summed E-state index contributed by atoms with van der Waals surface area (Å²) in [5.41, 5.74) is 2.18. The van der Waals surface area contributed by atoms with E-state index >= 15 is 0 Å². The van der Waals surface area contributed by atoms with Crippen LogP contribution >= 0.6 is 11.6 Å². The lowest BCUT2D eigenvalue weighted by molar-refractivity contribution is 0.553. The highest BCUT2D eigenvalue weighted by molar-refractivity contribution is 6.31. The third kappa shape index (κ3) is 2.89. The molecule has 1 aliphatic rings. The third-order valence-corrected chi connectivity index (χ3v) is 4.24. The SMILES string of the molecule is CCCC1CC1NCc1c(Cl)c(CC)nn1CC. The Balaban J connectivity index is 1.94. The van der Waals surface area contributed by atoms with Gasteiger partial charge in [-0.15, -0.1) is 0 Å². The maximum Gasteiger partial charge on any atom is 0.0863 e. The van der Waals surface area contributed by atoms with Crippen LogP contribution in [0.25, 0.3) is 0 Å². The number of rotatable bonds is 7. The van der Waals surface area contributed by atoms with Gasteiger partial charge in [-0.3, -0.25) is 4.68 Å². The van der Waals surface area contributed by atoms with Gasteiger partial charge >= 0.3 is 0 Å². The number of hydrogen-bond acceptors (Lipinski definition) is 2. The summed E-state index contributed by atoms with van der Waals surface area (Å²) < 4.78 is 2.03. The fourth-order valence-electron chi connectivity index (χ4n) is 2.60. The van der Waals surface area contributed by atoms with Crippen LogP contribution in [0.3, 0.4) is 0 Å². The van der Waals surface area contributed by atoms with Crippen LogP contribution < -0.4 is 5.32 Å². The Labute approximate surface area is 115 Å². The van der Waals surface area contributed by atoms with Crippen molar-refractivity contribution < 1.29 is 0 Å². The molecule has 0 aliphatic heterocycles. The molecule has 0 radical (unpaired) electrons. The van der Waals surface area contributed by atoms with Crippen LogP contribution in [0.5, 0.6) is 0 Å². The van der Waals surface area contributed by atoms with E-state index in [1.807, 2.05) is 4.68 Å². The molecule has 4 heteroatoms. The van der Waals surface area contributed by atoms with Crippen LogP contribution in [0.2, 0.25) is 5.02 Å². The predicted octanol–water partition coefficient (Wildman–Crippen LogP) is 3.40. The first-order valence-corrected chi connectivity index (χ1v) is 7.56. The number of aromatic nitrogens is 2. The second-order valence-electron chi connectivity index (χ2n) is 5.15. The van der Waals surface area contributed by atoms with E-state index in [2.05, 4.69) is 31.2 Å². The molecule has 2 unspecified atom stereocenters. The molecule has 1 saturated carbocycles. The summed E-state index contributed by atoms with van der Waals surface area (Å²) in [4.78, 5) is 0. The Morgan fingerprint density at radius 3 is 2.78 bits per heavy atom. The fraction of sp³-hybridized carbons (Fsp3) is 0.786. The van der Waals surface area contributed by atoms with Gasteiger partial charge in [-0.05, 0) is 32.1 Å². The van der Waals surface area contributed by atoms with Gasteiger partial charge in [0.05, 0.1) is 16.4 Å². The van der Waals surface area contributed by atoms with E-state index in [-0.39, 0.29) is 0 Å². The van der Waals surface area contributed by atoms with Crippen molar-refractivity contribution in [2.75, 3.05) is 0 Å². The normalized spacial score (nSPS) is 22.4. The van der Waals surface area contributed by atoms with Gasteiger partial charge in [0, 0.05) is 19.1 Å². The fourth-order valence-corrected chi connectivity index (χ4v) is 2.94. The molecule has 0 spiro atoms. The molecule has 1 heterocycles. The van der Waals surface area contributed by atoms with Crippen LogP contribution in [0.1, 0.15) is 51.4 Å². The molecule has 0 saturated heterocycles. The molecule has 3 nitrogen and oxygen atoms in total. The lowest BCUT2D eigenvalue weighted by atomic mass is 10.2. The zero-order chi connectivity index (χ0) is 13.1. The zero-order valence-corrected chi connectivity index (χ0v) is 12.4. The van der Waals surface area contributed by atoms with E-state index in [9.17, 15) is 0 Å². The van der Waals surface area contributed by atoms with Gasteiger partial charge < -0.3 is 5.32 Å². The average molecular weight is 270 g/mol. The Morgan fingerprint density at radius 2 is 2.17 bits per heavy atom. The Hall–Kier alpha value is -0.540. The van der Waals surface area contributed by atoms with Gasteiger partial charge in [0.2, 0.25) is 0 Å². The standard InChI is InChI=1S/C14H24ClN3/c1-4-7-10-8-12(10)16-9-13-14(15)11(5-2)17-18(13)6-3/h10,12,16H,4-9H2,1-3H3. The molecule has 2 rings (SSSR count). The molecule has 102 valence electrons. The molecule has 0 bridgehead atoms. The summed E-state index contributed by atoms with van der Waals surface area (Å²) in [6.45, 7) is 8.21. The summed E-state index contributed by atoms with van der Waals surface area (Å²) >= 11 is 6.39. The molecule has 1 aromatic heterocycles. The highest BCUT2D eigenvalue weighted by atomic mass is 35.5. The van der Waals surface area contributed by atoms with E-state index in [1.54, 1.807) is 0 Å². The Bertz CT molecular complexity index is 400. The monoisotopic (exact) mass is 269 g/mol. The molecule has 1 aromatic rings. The van der Waals surface area contributed by atoms with Crippen LogP contribution in [-0.4, -0.2) is 15.8 Å². The first kappa shape index (κ1) is 13.9. The summed E-state index contributed by atoms with van der Waals surface area (Å²) in [7, 11) is 0. The first-order valence-electron chi connectivity index (χ1n) is 7.18. The molecule has 1 aliphatic carbocycles. The van der Waals surface area contributed by atoms with Gasteiger partial charge in [0.15, 0.2) is 0 Å². The topological polar surface area (TPSA) is 29.9 Å². The summed E-state index contributed by atoms with van der Waals surface area (Å²) in [6, 6.07) is 0.700. The van der Waals surface area contributed by atoms with E-state index in [0.29, 0.717) is 6.04 Å². The van der Waals surface area contributed by atoms with Crippen molar-refractivity contribution in [2.45, 2.75) is 65.6 Å². The molecule has 1 fully saturated rings. The molecule has 0 aromatic carbocycles. The minimum atomic E-state index is 0.700. The molecule has 2 atom stereocenters. The van der Waals surface area contributed by atoms with Crippen molar-refractivity contribution >= 4 is 11.6 Å². The van der Waals surface area contributed by atoms with Crippen LogP contribution in [0, 0.1) is 5.92 Å². The van der Waals surface area contributed by atoms with Crippen molar-refractivity contribution in [3.63, 3.8) is 0 Å². The number of halogens is 1. The lowest BCUT2D eigenvalue weighted by Crippen LogP contribution is -2.20. The van der Waals surface area contributed by atoms with Gasteiger partial charge in [0.1, 0.15) is 0 Å². The smallest absolute Gasteiger partial charge is 0.0863 e. The number of aryl methyl sites for hydroxylation is 2. The maximum atomic E-state index is 6.39. The predicted molar refractivity (Wildman–Crippen MR) is 75.9 cm³/mol. The Kier molecular flexibility index (Phi) is 4.68. The largest absolute Gasteiger partial charge is 0.308 e. The molecule has 1 N–H and O–H groups in total. The summed E-state index contributed by atoms with van der Waals surface area (Å²) in [6.07, 6.45) is 4.86. The lowest BCUT2D eigenvalue weighted by Gasteiger charge is -2.07. The second kappa shape index (κ2) is 6.07. The third-order valence-electron chi connectivity index (χ3n) is 3.81. The van der Waals surface area contributed by atoms with Crippen LogP contribution in [0.4, 0.5) is 0 Å². The quantitative estimate of drug-likeness (QED) is 0.822. The first-order chi connectivity index (χ1) is 8.71. The summed E-state index contributed by atoms with van der Waals surface area (Å²) in [5.74, 6) is 0.886. The Morgan fingerprint density at radius 1 is 1.39 bits per heavy atom. The molecular formula is C14H24ClN3. The minimum absolute atomic E-state index is 0.700. The van der Waals surface area contributed by atoms with E-state index in [4.69, 9.17) is 11.6 Å². The van der Waals surface area contributed by atoms with Crippen molar-refractivity contribution in [1.82, 2.24) is 15.1 Å². The van der Waals surface area contributed by atoms with Crippen LogP contribution in [-0.2, 0) is 19.5 Å². The maximum absolute atomic E-state index is 6.39. The van der Waals surface area contributed by atoms with E-state index < -0.39 is 0 Å². The van der Waals surface area contributed by atoms with Crippen molar-refractivity contribution in [1.29, 1.82) is 0 Å². The highest BCUT2D eigenvalue weighted by Crippen LogP contribution is 2.35. The van der Waals surface area contributed by atoms with Gasteiger partial charge in [-0.1, -0.05) is 31.9 Å². The number of nitrogens with zero attached hydrogens (tertiary/aromatic N) is 2. The van der Waals surface area contributed by atoms with Crippen molar-refractivity contribution in [2.24, 2.45) is 5.92 Å². The van der Waals surface area contributed by atoms with Crippen molar-refractivity contribution in [3.8, 4) is 0 Å². The molecular weight excluding hydrogens is 246 g/mol. The van der Waals surface area contributed by atoms with Crippen LogP contribution in [0.15, 0.2) is 0 Å². The second-order valence-corrected chi connectivity index (χ2v) is 5.53. The average Bonchev–Trinajstić information content (AvgIpc) is 3.03. The van der Waals surface area contributed by atoms with Gasteiger partial charge in [-0.2, -0.15) is 5.10 Å². The number of nitrogens with one attached hydrogen (secondary N) is 1. The van der Waals surface area contributed by atoms with E-state index in [1.165, 1.54) is 19.3 Å².